The van der Waals surface area contributed by atoms with Crippen molar-refractivity contribution in [3.05, 3.63) is 45.8 Å². The molecule has 3 heterocycles. The van der Waals surface area contributed by atoms with Crippen molar-refractivity contribution in [3.63, 3.8) is 0 Å². The van der Waals surface area contributed by atoms with Gasteiger partial charge in [-0.05, 0) is 32.8 Å². The summed E-state index contributed by atoms with van der Waals surface area (Å²) in [4.78, 5) is 24.0. The topological polar surface area (TPSA) is 113 Å². The first kappa shape index (κ1) is 21.4. The van der Waals surface area contributed by atoms with Gasteiger partial charge >= 0.3 is 0 Å². The minimum Gasteiger partial charge on any atom is -0.356 e. The van der Waals surface area contributed by atoms with Crippen molar-refractivity contribution in [2.75, 3.05) is 49.1 Å². The lowest BCUT2D eigenvalue weighted by molar-refractivity contribution is -0.385. The number of rotatable bonds is 5. The number of nitro groups is 1. The number of hydrogen-bond acceptors (Lipinski definition) is 8. The molecular formula is C20H26N6O4S. The van der Waals surface area contributed by atoms with Gasteiger partial charge in [-0.15, -0.1) is 0 Å². The maximum Gasteiger partial charge on any atom is 0.273 e. The lowest BCUT2D eigenvalue weighted by atomic mass is 10.2. The van der Waals surface area contributed by atoms with Crippen LogP contribution in [-0.2, 0) is 10.0 Å². The van der Waals surface area contributed by atoms with Gasteiger partial charge in [0.05, 0.1) is 9.82 Å². The first-order chi connectivity index (χ1) is 14.8. The molecule has 0 N–H and O–H groups in total. The SMILES string of the molecule is Cc1nc(N2CCCC2)cc(N2CCN(S(=O)(=O)c3ccc(C)c([N+](=O)[O-])c3)CC2)n1. The number of sulfonamides is 1. The van der Waals surface area contributed by atoms with Gasteiger partial charge in [-0.1, -0.05) is 6.07 Å². The van der Waals surface area contributed by atoms with E-state index in [0.29, 0.717) is 24.5 Å². The van der Waals surface area contributed by atoms with Crippen LogP contribution in [0.25, 0.3) is 0 Å². The molecule has 0 bridgehead atoms. The van der Waals surface area contributed by atoms with Crippen LogP contribution in [0.4, 0.5) is 17.3 Å². The lowest BCUT2D eigenvalue weighted by Gasteiger charge is -2.35. The molecule has 2 saturated heterocycles. The highest BCUT2D eigenvalue weighted by Crippen LogP contribution is 2.27. The summed E-state index contributed by atoms with van der Waals surface area (Å²) in [5.74, 6) is 2.42. The standard InChI is InChI=1S/C20H26N6O4S/c1-15-5-6-17(13-18(15)26(27)28)31(29,30)25-11-9-24(10-12-25)20-14-19(21-16(2)22-20)23-7-3-4-8-23/h5-6,13-14H,3-4,7-12H2,1-2H3. The molecule has 0 aliphatic carbocycles. The Morgan fingerprint density at radius 1 is 0.903 bits per heavy atom. The molecule has 0 saturated carbocycles. The molecule has 166 valence electrons. The van der Waals surface area contributed by atoms with Gasteiger partial charge in [0.15, 0.2) is 0 Å². The van der Waals surface area contributed by atoms with E-state index in [2.05, 4.69) is 19.8 Å². The Morgan fingerprint density at radius 3 is 2.06 bits per heavy atom. The van der Waals surface area contributed by atoms with E-state index in [9.17, 15) is 18.5 Å². The average molecular weight is 447 g/mol. The maximum atomic E-state index is 13.1. The van der Waals surface area contributed by atoms with E-state index in [4.69, 9.17) is 0 Å². The second-order valence-electron chi connectivity index (χ2n) is 7.92. The largest absolute Gasteiger partial charge is 0.356 e. The van der Waals surface area contributed by atoms with Gasteiger partial charge in [-0.3, -0.25) is 10.1 Å². The Labute approximate surface area is 181 Å². The zero-order chi connectivity index (χ0) is 22.2. The molecule has 0 radical (unpaired) electrons. The van der Waals surface area contributed by atoms with Crippen LogP contribution in [-0.4, -0.2) is 66.9 Å². The number of benzene rings is 1. The van der Waals surface area contributed by atoms with Crippen molar-refractivity contribution in [1.82, 2.24) is 14.3 Å². The van der Waals surface area contributed by atoms with Gasteiger partial charge < -0.3 is 9.80 Å². The highest BCUT2D eigenvalue weighted by molar-refractivity contribution is 7.89. The Bertz CT molecular complexity index is 1090. The van der Waals surface area contributed by atoms with E-state index < -0.39 is 14.9 Å². The molecule has 0 unspecified atom stereocenters. The highest BCUT2D eigenvalue weighted by Gasteiger charge is 2.31. The third kappa shape index (κ3) is 4.33. The molecule has 11 heteroatoms. The summed E-state index contributed by atoms with van der Waals surface area (Å²) in [6.45, 7) is 6.99. The molecule has 2 aromatic rings. The third-order valence-electron chi connectivity index (χ3n) is 5.82. The van der Waals surface area contributed by atoms with Crippen LogP contribution in [0, 0.1) is 24.0 Å². The van der Waals surface area contributed by atoms with E-state index in [1.807, 2.05) is 13.0 Å². The Balaban J connectivity index is 1.50. The molecule has 0 amide bonds. The Kier molecular flexibility index (Phi) is 5.80. The molecule has 4 rings (SSSR count). The molecule has 2 aliphatic heterocycles. The van der Waals surface area contributed by atoms with Gasteiger partial charge in [0.1, 0.15) is 17.5 Å². The number of piperazine rings is 1. The van der Waals surface area contributed by atoms with Crippen molar-refractivity contribution in [2.24, 2.45) is 0 Å². The molecular weight excluding hydrogens is 420 g/mol. The number of nitrogens with zero attached hydrogens (tertiary/aromatic N) is 6. The summed E-state index contributed by atoms with van der Waals surface area (Å²) in [6.07, 6.45) is 2.32. The molecule has 2 fully saturated rings. The van der Waals surface area contributed by atoms with Gasteiger partial charge in [0, 0.05) is 57.0 Å². The van der Waals surface area contributed by atoms with Crippen LogP contribution < -0.4 is 9.80 Å². The number of anilines is 2. The van der Waals surface area contributed by atoms with Crippen LogP contribution in [0.2, 0.25) is 0 Å². The summed E-state index contributed by atoms with van der Waals surface area (Å²) in [5.41, 5.74) is 0.243. The smallest absolute Gasteiger partial charge is 0.273 e. The second-order valence-corrected chi connectivity index (χ2v) is 9.86. The van der Waals surface area contributed by atoms with E-state index in [0.717, 1.165) is 43.6 Å². The first-order valence-corrected chi connectivity index (χ1v) is 11.8. The van der Waals surface area contributed by atoms with Crippen molar-refractivity contribution in [2.45, 2.75) is 31.6 Å². The summed E-state index contributed by atoms with van der Waals surface area (Å²) in [6, 6.07) is 6.03. The van der Waals surface area contributed by atoms with E-state index in [-0.39, 0.29) is 23.7 Å². The predicted molar refractivity (Wildman–Crippen MR) is 117 cm³/mol. The summed E-state index contributed by atoms with van der Waals surface area (Å²) < 4.78 is 27.5. The van der Waals surface area contributed by atoms with Crippen molar-refractivity contribution in [1.29, 1.82) is 0 Å². The minimum absolute atomic E-state index is 0.0487. The molecule has 0 atom stereocenters. The highest BCUT2D eigenvalue weighted by atomic mass is 32.2. The number of hydrogen-bond donors (Lipinski definition) is 0. The molecule has 1 aromatic carbocycles. The van der Waals surface area contributed by atoms with Gasteiger partial charge in [0.25, 0.3) is 5.69 Å². The molecule has 2 aliphatic rings. The van der Waals surface area contributed by atoms with Gasteiger partial charge in [-0.2, -0.15) is 4.31 Å². The molecule has 0 spiro atoms. The van der Waals surface area contributed by atoms with Crippen LogP contribution in [0.15, 0.2) is 29.2 Å². The van der Waals surface area contributed by atoms with Crippen LogP contribution in [0.1, 0.15) is 24.2 Å². The van der Waals surface area contributed by atoms with Gasteiger partial charge in [0.2, 0.25) is 10.0 Å². The zero-order valence-corrected chi connectivity index (χ0v) is 18.5. The Morgan fingerprint density at radius 2 is 1.48 bits per heavy atom. The second kappa shape index (κ2) is 8.39. The maximum absolute atomic E-state index is 13.1. The van der Waals surface area contributed by atoms with E-state index in [1.54, 1.807) is 6.92 Å². The summed E-state index contributed by atoms with van der Waals surface area (Å²) >= 11 is 0. The monoisotopic (exact) mass is 446 g/mol. The van der Waals surface area contributed by atoms with E-state index in [1.165, 1.54) is 16.4 Å². The van der Waals surface area contributed by atoms with Crippen molar-refractivity contribution in [3.8, 4) is 0 Å². The molecule has 1 aromatic heterocycles. The van der Waals surface area contributed by atoms with Gasteiger partial charge in [-0.25, -0.2) is 18.4 Å². The van der Waals surface area contributed by atoms with Crippen molar-refractivity contribution < 1.29 is 13.3 Å². The molecule has 31 heavy (non-hydrogen) atoms. The van der Waals surface area contributed by atoms with E-state index >= 15 is 0 Å². The first-order valence-electron chi connectivity index (χ1n) is 10.4. The number of aryl methyl sites for hydroxylation is 2. The van der Waals surface area contributed by atoms with Crippen molar-refractivity contribution >= 4 is 27.3 Å². The predicted octanol–water partition coefficient (Wildman–Crippen LogP) is 2.11. The molecule has 10 nitrogen and oxygen atoms in total. The van der Waals surface area contributed by atoms with Crippen LogP contribution in [0.5, 0.6) is 0 Å². The average Bonchev–Trinajstić information content (AvgIpc) is 3.28. The third-order valence-corrected chi connectivity index (χ3v) is 7.71. The normalized spacial score (nSPS) is 17.9. The number of aromatic nitrogens is 2. The fourth-order valence-corrected chi connectivity index (χ4v) is 5.50. The quantitative estimate of drug-likeness (QED) is 0.507. The Hall–Kier alpha value is -2.79. The summed E-state index contributed by atoms with van der Waals surface area (Å²) in [7, 11) is -3.81. The summed E-state index contributed by atoms with van der Waals surface area (Å²) in [5, 5.41) is 11.2. The zero-order valence-electron chi connectivity index (χ0n) is 17.7. The van der Waals surface area contributed by atoms with Crippen LogP contribution >= 0.6 is 0 Å². The lowest BCUT2D eigenvalue weighted by Crippen LogP contribution is -2.49. The fourth-order valence-electron chi connectivity index (χ4n) is 4.06. The van der Waals surface area contributed by atoms with Crippen LogP contribution in [0.3, 0.4) is 0 Å². The fraction of sp³-hybridized carbons (Fsp3) is 0.500. The minimum atomic E-state index is -3.81. The number of nitro benzene ring substituents is 1.